The maximum Gasteiger partial charge on any atom is 0.235 e. The summed E-state index contributed by atoms with van der Waals surface area (Å²) in [5.41, 5.74) is 5.34. The van der Waals surface area contributed by atoms with Gasteiger partial charge in [0.15, 0.2) is 0 Å². The number of nitrogens with two attached hydrogens (primary N) is 1. The van der Waals surface area contributed by atoms with E-state index in [1.54, 1.807) is 0 Å². The fraction of sp³-hybridized carbons (Fsp3) is 0.875. The normalized spacial score (nSPS) is 19.7. The van der Waals surface area contributed by atoms with Gasteiger partial charge in [-0.15, -0.1) is 0 Å². The largest absolute Gasteiger partial charge is 0.392 e. The van der Waals surface area contributed by atoms with Gasteiger partial charge in [-0.25, -0.2) is 0 Å². The van der Waals surface area contributed by atoms with Gasteiger partial charge in [-0.1, -0.05) is 38.9 Å². The summed E-state index contributed by atoms with van der Waals surface area (Å²) >= 11 is 5.28. The van der Waals surface area contributed by atoms with E-state index < -0.39 is 5.41 Å². The summed E-state index contributed by atoms with van der Waals surface area (Å²) in [4.78, 5) is 17.6. The first kappa shape index (κ1) is 18.4. The smallest absolute Gasteiger partial charge is 0.235 e. The third-order valence-corrected chi connectivity index (χ3v) is 5.13. The molecule has 4 nitrogen and oxygen atoms in total. The molecular weight excluding hydrogens is 282 g/mol. The molecule has 0 aromatic carbocycles. The molecule has 122 valence electrons. The van der Waals surface area contributed by atoms with Crippen LogP contribution in [0.15, 0.2) is 0 Å². The SMILES string of the molecule is CCCC(CCC)(C(=O)N(C)CC1CCCN1C)C(N)=S. The van der Waals surface area contributed by atoms with Crippen LogP contribution < -0.4 is 5.73 Å². The quantitative estimate of drug-likeness (QED) is 0.699. The van der Waals surface area contributed by atoms with E-state index in [0.29, 0.717) is 11.0 Å². The van der Waals surface area contributed by atoms with Crippen LogP contribution >= 0.6 is 12.2 Å². The van der Waals surface area contributed by atoms with Crippen molar-refractivity contribution in [1.29, 1.82) is 0 Å². The summed E-state index contributed by atoms with van der Waals surface area (Å²) in [6, 6.07) is 0.464. The van der Waals surface area contributed by atoms with Crippen molar-refractivity contribution in [3.05, 3.63) is 0 Å². The van der Waals surface area contributed by atoms with Gasteiger partial charge in [0, 0.05) is 19.6 Å². The highest BCUT2D eigenvalue weighted by Crippen LogP contribution is 2.33. The summed E-state index contributed by atoms with van der Waals surface area (Å²) in [5, 5.41) is 0. The molecule has 1 aliphatic rings. The number of hydrogen-bond donors (Lipinski definition) is 1. The summed E-state index contributed by atoms with van der Waals surface area (Å²) in [6.07, 6.45) is 5.71. The monoisotopic (exact) mass is 313 g/mol. The molecule has 21 heavy (non-hydrogen) atoms. The predicted molar refractivity (Wildman–Crippen MR) is 92.3 cm³/mol. The zero-order valence-corrected chi connectivity index (χ0v) is 14.8. The molecule has 1 heterocycles. The molecule has 1 amide bonds. The Morgan fingerprint density at radius 2 is 1.95 bits per heavy atom. The molecule has 1 aliphatic heterocycles. The highest BCUT2D eigenvalue weighted by molar-refractivity contribution is 7.80. The van der Waals surface area contributed by atoms with E-state index in [1.165, 1.54) is 6.42 Å². The lowest BCUT2D eigenvalue weighted by Gasteiger charge is -2.36. The molecule has 1 atom stereocenters. The lowest BCUT2D eigenvalue weighted by Crippen LogP contribution is -2.51. The molecule has 1 fully saturated rings. The first-order valence-corrected chi connectivity index (χ1v) is 8.55. The van der Waals surface area contributed by atoms with Gasteiger partial charge >= 0.3 is 0 Å². The molecule has 5 heteroatoms. The predicted octanol–water partition coefficient (Wildman–Crippen LogP) is 2.41. The number of nitrogens with zero attached hydrogens (tertiary/aromatic N) is 2. The maximum absolute atomic E-state index is 13.0. The van der Waals surface area contributed by atoms with Gasteiger partial charge in [0.05, 0.1) is 10.4 Å². The van der Waals surface area contributed by atoms with E-state index >= 15 is 0 Å². The number of thiocarbonyl (C=S) groups is 1. The van der Waals surface area contributed by atoms with Crippen LogP contribution in [-0.4, -0.2) is 53.9 Å². The first-order valence-electron chi connectivity index (χ1n) is 8.14. The Morgan fingerprint density at radius 3 is 2.33 bits per heavy atom. The fourth-order valence-corrected chi connectivity index (χ4v) is 3.81. The first-order chi connectivity index (χ1) is 9.89. The van der Waals surface area contributed by atoms with Crippen molar-refractivity contribution in [3.8, 4) is 0 Å². The number of likely N-dealkylation sites (tertiary alicyclic amines) is 1. The van der Waals surface area contributed by atoms with Gasteiger partial charge in [0.1, 0.15) is 0 Å². The van der Waals surface area contributed by atoms with Crippen LogP contribution in [0, 0.1) is 5.41 Å². The van der Waals surface area contributed by atoms with Gasteiger partial charge in [-0.2, -0.15) is 0 Å². The topological polar surface area (TPSA) is 49.6 Å². The fourth-order valence-electron chi connectivity index (χ4n) is 3.52. The molecular formula is C16H31N3OS. The highest BCUT2D eigenvalue weighted by atomic mass is 32.1. The van der Waals surface area contributed by atoms with Gasteiger partial charge in [0.25, 0.3) is 0 Å². The van der Waals surface area contributed by atoms with Crippen LogP contribution in [-0.2, 0) is 4.79 Å². The van der Waals surface area contributed by atoms with Gasteiger partial charge in [0.2, 0.25) is 5.91 Å². The maximum atomic E-state index is 13.0. The molecule has 0 aromatic rings. The van der Waals surface area contributed by atoms with Crippen LogP contribution in [0.2, 0.25) is 0 Å². The molecule has 0 radical (unpaired) electrons. The summed E-state index contributed by atoms with van der Waals surface area (Å²) in [5.74, 6) is 0.110. The average Bonchev–Trinajstić information content (AvgIpc) is 2.82. The Balaban J connectivity index is 2.85. The second kappa shape index (κ2) is 8.08. The molecule has 0 saturated carbocycles. The van der Waals surface area contributed by atoms with Crippen LogP contribution in [0.3, 0.4) is 0 Å². The van der Waals surface area contributed by atoms with E-state index in [1.807, 2.05) is 11.9 Å². The molecule has 1 saturated heterocycles. The van der Waals surface area contributed by atoms with E-state index in [4.69, 9.17) is 18.0 Å². The Kier molecular flexibility index (Phi) is 7.07. The molecule has 1 rings (SSSR count). The average molecular weight is 314 g/mol. The van der Waals surface area contributed by atoms with Crippen molar-refractivity contribution >= 4 is 23.1 Å². The van der Waals surface area contributed by atoms with Crippen LogP contribution in [0.4, 0.5) is 0 Å². The number of carbonyl (C=O) groups is 1. The number of hydrogen-bond acceptors (Lipinski definition) is 3. The summed E-state index contributed by atoms with van der Waals surface area (Å²) in [7, 11) is 4.03. The number of likely N-dealkylation sites (N-methyl/N-ethyl adjacent to an activating group) is 2. The zero-order valence-electron chi connectivity index (χ0n) is 14.0. The highest BCUT2D eigenvalue weighted by Gasteiger charge is 2.42. The lowest BCUT2D eigenvalue weighted by molar-refractivity contribution is -0.138. The van der Waals surface area contributed by atoms with Crippen LogP contribution in [0.5, 0.6) is 0 Å². The second-order valence-corrected chi connectivity index (χ2v) is 6.85. The molecule has 0 bridgehead atoms. The second-order valence-electron chi connectivity index (χ2n) is 6.41. The van der Waals surface area contributed by atoms with Gasteiger partial charge < -0.3 is 15.5 Å². The standard InChI is InChI=1S/C16H31N3OS/c1-5-9-16(10-6-2,14(17)21)15(20)19(4)12-13-8-7-11-18(13)3/h13H,5-12H2,1-4H3,(H2,17,21). The minimum atomic E-state index is -0.648. The lowest BCUT2D eigenvalue weighted by atomic mass is 9.77. The van der Waals surface area contributed by atoms with Gasteiger partial charge in [-0.05, 0) is 39.3 Å². The summed E-state index contributed by atoms with van der Waals surface area (Å²) in [6.45, 7) is 6.06. The molecule has 1 unspecified atom stereocenters. The van der Waals surface area contributed by atoms with E-state index in [0.717, 1.165) is 45.2 Å². The van der Waals surface area contributed by atoms with Crippen molar-refractivity contribution < 1.29 is 4.79 Å². The van der Waals surface area contributed by atoms with Crippen LogP contribution in [0.25, 0.3) is 0 Å². The Morgan fingerprint density at radius 1 is 1.38 bits per heavy atom. The van der Waals surface area contributed by atoms with Crippen molar-refractivity contribution in [3.63, 3.8) is 0 Å². The molecule has 0 aliphatic carbocycles. The van der Waals surface area contributed by atoms with Crippen molar-refractivity contribution in [2.75, 3.05) is 27.2 Å². The van der Waals surface area contributed by atoms with E-state index in [-0.39, 0.29) is 5.91 Å². The Hall–Kier alpha value is -0.680. The number of rotatable bonds is 8. The van der Waals surface area contributed by atoms with E-state index in [9.17, 15) is 4.79 Å². The third-order valence-electron chi connectivity index (χ3n) is 4.74. The zero-order chi connectivity index (χ0) is 16.0. The van der Waals surface area contributed by atoms with Crippen molar-refractivity contribution in [1.82, 2.24) is 9.80 Å². The van der Waals surface area contributed by atoms with Crippen molar-refractivity contribution in [2.24, 2.45) is 11.1 Å². The van der Waals surface area contributed by atoms with E-state index in [2.05, 4.69) is 25.8 Å². The molecule has 0 aromatic heterocycles. The third kappa shape index (κ3) is 4.16. The molecule has 2 N–H and O–H groups in total. The van der Waals surface area contributed by atoms with Gasteiger partial charge in [-0.3, -0.25) is 4.79 Å². The summed E-state index contributed by atoms with van der Waals surface area (Å²) < 4.78 is 0. The minimum Gasteiger partial charge on any atom is -0.392 e. The number of carbonyl (C=O) groups excluding carboxylic acids is 1. The molecule has 0 spiro atoms. The Bertz CT molecular complexity index is 367. The van der Waals surface area contributed by atoms with Crippen molar-refractivity contribution in [2.45, 2.75) is 58.4 Å². The minimum absolute atomic E-state index is 0.110. The Labute approximate surface area is 135 Å². The number of amides is 1. The van der Waals surface area contributed by atoms with Crippen LogP contribution in [0.1, 0.15) is 52.4 Å².